The van der Waals surface area contributed by atoms with Crippen molar-refractivity contribution in [3.05, 3.63) is 47.0 Å². The zero-order chi connectivity index (χ0) is 17.6. The lowest BCUT2D eigenvalue weighted by molar-refractivity contribution is 0.0449. The first-order valence-corrected chi connectivity index (χ1v) is 8.08. The summed E-state index contributed by atoms with van der Waals surface area (Å²) in [5.41, 5.74) is 0.304. The minimum atomic E-state index is -0.503. The van der Waals surface area contributed by atoms with Gasteiger partial charge in [0.1, 0.15) is 37.9 Å². The van der Waals surface area contributed by atoms with Crippen LogP contribution >= 0.6 is 11.6 Å². The third-order valence-corrected chi connectivity index (χ3v) is 3.76. The van der Waals surface area contributed by atoms with Gasteiger partial charge in [0.05, 0.1) is 17.7 Å². The average Bonchev–Trinajstić information content (AvgIpc) is 2.65. The van der Waals surface area contributed by atoms with E-state index >= 15 is 0 Å². The Kier molecular flexibility index (Phi) is 5.50. The van der Waals surface area contributed by atoms with E-state index in [1.54, 1.807) is 37.4 Å². The lowest BCUT2D eigenvalue weighted by Gasteiger charge is -2.20. The van der Waals surface area contributed by atoms with E-state index in [4.69, 9.17) is 35.3 Å². The molecule has 0 amide bonds. The van der Waals surface area contributed by atoms with Gasteiger partial charge in [0.15, 0.2) is 11.5 Å². The summed E-state index contributed by atoms with van der Waals surface area (Å²) in [6.45, 7) is 1.18. The highest BCUT2D eigenvalue weighted by atomic mass is 35.5. The maximum atomic E-state index is 12.1. The van der Waals surface area contributed by atoms with Crippen LogP contribution in [0, 0.1) is 0 Å². The van der Waals surface area contributed by atoms with E-state index in [0.717, 1.165) is 5.75 Å². The second-order valence-electron chi connectivity index (χ2n) is 5.14. The molecule has 0 N–H and O–H groups in total. The number of hydrogen-bond donors (Lipinski definition) is 0. The zero-order valence-corrected chi connectivity index (χ0v) is 14.4. The minimum Gasteiger partial charge on any atom is -0.497 e. The highest BCUT2D eigenvalue weighted by Crippen LogP contribution is 2.38. The summed E-state index contributed by atoms with van der Waals surface area (Å²) in [5, 5.41) is 0.318. The van der Waals surface area contributed by atoms with E-state index in [9.17, 15) is 4.79 Å². The summed E-state index contributed by atoms with van der Waals surface area (Å²) in [6.07, 6.45) is 0. The van der Waals surface area contributed by atoms with Crippen LogP contribution in [0.25, 0.3) is 0 Å². The lowest BCUT2D eigenvalue weighted by atomic mass is 10.2. The fourth-order valence-electron chi connectivity index (χ4n) is 2.28. The van der Waals surface area contributed by atoms with E-state index in [0.29, 0.717) is 41.0 Å². The molecular weight excluding hydrogens is 348 g/mol. The van der Waals surface area contributed by atoms with Crippen LogP contribution in [0.15, 0.2) is 36.4 Å². The fraction of sp³-hybridized carbons (Fsp3) is 0.278. The molecule has 0 aliphatic carbocycles. The van der Waals surface area contributed by atoms with Gasteiger partial charge in [0, 0.05) is 0 Å². The first kappa shape index (κ1) is 17.2. The number of carbonyl (C=O) groups is 1. The van der Waals surface area contributed by atoms with Crippen molar-refractivity contribution in [3.63, 3.8) is 0 Å². The van der Waals surface area contributed by atoms with Gasteiger partial charge in [-0.05, 0) is 36.4 Å². The van der Waals surface area contributed by atoms with Crippen molar-refractivity contribution < 1.29 is 28.5 Å². The molecule has 1 aliphatic heterocycles. The number of esters is 1. The van der Waals surface area contributed by atoms with Gasteiger partial charge >= 0.3 is 5.97 Å². The molecule has 2 aromatic rings. The normalized spacial score (nSPS) is 12.4. The maximum absolute atomic E-state index is 12.1. The van der Waals surface area contributed by atoms with E-state index in [-0.39, 0.29) is 13.2 Å². The summed E-state index contributed by atoms with van der Waals surface area (Å²) in [4.78, 5) is 12.1. The molecule has 3 rings (SSSR count). The molecule has 0 spiro atoms. The Morgan fingerprint density at radius 2 is 1.80 bits per heavy atom. The van der Waals surface area contributed by atoms with Crippen LogP contribution < -0.4 is 18.9 Å². The Balaban J connectivity index is 1.51. The van der Waals surface area contributed by atoms with E-state index in [2.05, 4.69) is 0 Å². The Labute approximate surface area is 150 Å². The molecule has 0 unspecified atom stereocenters. The molecule has 0 aromatic heterocycles. The summed E-state index contributed by atoms with van der Waals surface area (Å²) < 4.78 is 26.6. The number of ether oxygens (including phenoxy) is 5. The second kappa shape index (κ2) is 7.98. The van der Waals surface area contributed by atoms with Crippen LogP contribution in [0.4, 0.5) is 0 Å². The van der Waals surface area contributed by atoms with Crippen LogP contribution in [-0.4, -0.2) is 39.5 Å². The van der Waals surface area contributed by atoms with Crippen molar-refractivity contribution in [2.75, 3.05) is 33.5 Å². The number of halogens is 1. The Morgan fingerprint density at radius 3 is 2.56 bits per heavy atom. The number of hydrogen-bond acceptors (Lipinski definition) is 6. The maximum Gasteiger partial charge on any atom is 0.338 e. The zero-order valence-electron chi connectivity index (χ0n) is 13.6. The smallest absolute Gasteiger partial charge is 0.338 e. The fourth-order valence-corrected chi connectivity index (χ4v) is 2.54. The van der Waals surface area contributed by atoms with E-state index < -0.39 is 5.97 Å². The molecule has 0 saturated carbocycles. The SMILES string of the molecule is COc1ccc(OCCOC(=O)c2cc(Cl)c3c(c2)OCCO3)cc1. The molecule has 7 heteroatoms. The van der Waals surface area contributed by atoms with Gasteiger partial charge in [-0.15, -0.1) is 0 Å². The molecule has 2 aromatic carbocycles. The van der Waals surface area contributed by atoms with Crippen molar-refractivity contribution in [3.8, 4) is 23.0 Å². The second-order valence-corrected chi connectivity index (χ2v) is 5.55. The molecule has 132 valence electrons. The van der Waals surface area contributed by atoms with Crippen LogP contribution in [0.1, 0.15) is 10.4 Å². The summed E-state index contributed by atoms with van der Waals surface area (Å²) in [6, 6.07) is 10.2. The molecule has 0 bridgehead atoms. The average molecular weight is 365 g/mol. The van der Waals surface area contributed by atoms with Gasteiger partial charge in [-0.1, -0.05) is 11.6 Å². The van der Waals surface area contributed by atoms with Crippen LogP contribution in [0.3, 0.4) is 0 Å². The molecule has 0 saturated heterocycles. The standard InChI is InChI=1S/C18H17ClO6/c1-21-13-2-4-14(5-3-13)22-6-9-25-18(20)12-10-15(19)17-16(11-12)23-7-8-24-17/h2-5,10-11H,6-9H2,1H3. The highest BCUT2D eigenvalue weighted by Gasteiger charge is 2.19. The molecule has 1 heterocycles. The van der Waals surface area contributed by atoms with E-state index in [1.165, 1.54) is 6.07 Å². The topological polar surface area (TPSA) is 63.2 Å². The number of fused-ring (bicyclic) bond motifs is 1. The summed E-state index contributed by atoms with van der Waals surface area (Å²) in [7, 11) is 1.60. The third-order valence-electron chi connectivity index (χ3n) is 3.48. The molecule has 0 atom stereocenters. The van der Waals surface area contributed by atoms with Crippen LogP contribution in [-0.2, 0) is 4.74 Å². The minimum absolute atomic E-state index is 0.108. The summed E-state index contributed by atoms with van der Waals surface area (Å²) >= 11 is 6.11. The van der Waals surface area contributed by atoms with Gasteiger partial charge < -0.3 is 23.7 Å². The summed E-state index contributed by atoms with van der Waals surface area (Å²) in [5.74, 6) is 1.80. The molecule has 0 radical (unpaired) electrons. The Bertz CT molecular complexity index is 744. The van der Waals surface area contributed by atoms with Gasteiger partial charge in [-0.3, -0.25) is 0 Å². The quantitative estimate of drug-likeness (QED) is 0.578. The third kappa shape index (κ3) is 4.28. The molecular formula is C18H17ClO6. The van der Waals surface area contributed by atoms with Crippen molar-refractivity contribution in [2.45, 2.75) is 0 Å². The number of methoxy groups -OCH3 is 1. The van der Waals surface area contributed by atoms with Gasteiger partial charge in [0.25, 0.3) is 0 Å². The predicted molar refractivity (Wildman–Crippen MR) is 91.2 cm³/mol. The molecule has 0 fully saturated rings. The van der Waals surface area contributed by atoms with Gasteiger partial charge in [0.2, 0.25) is 0 Å². The lowest BCUT2D eigenvalue weighted by Crippen LogP contribution is -2.17. The number of rotatable bonds is 6. The van der Waals surface area contributed by atoms with Gasteiger partial charge in [-0.25, -0.2) is 4.79 Å². The number of carbonyl (C=O) groups excluding carboxylic acids is 1. The highest BCUT2D eigenvalue weighted by molar-refractivity contribution is 6.32. The molecule has 25 heavy (non-hydrogen) atoms. The molecule has 1 aliphatic rings. The van der Waals surface area contributed by atoms with Crippen molar-refractivity contribution >= 4 is 17.6 Å². The Hall–Kier alpha value is -2.60. The van der Waals surface area contributed by atoms with Crippen LogP contribution in [0.5, 0.6) is 23.0 Å². The largest absolute Gasteiger partial charge is 0.497 e. The Morgan fingerprint density at radius 1 is 1.08 bits per heavy atom. The van der Waals surface area contributed by atoms with Crippen LogP contribution in [0.2, 0.25) is 5.02 Å². The monoisotopic (exact) mass is 364 g/mol. The first-order valence-electron chi connectivity index (χ1n) is 7.70. The first-order chi connectivity index (χ1) is 12.2. The predicted octanol–water partition coefficient (Wildman–Crippen LogP) is 3.36. The van der Waals surface area contributed by atoms with Crippen molar-refractivity contribution in [1.82, 2.24) is 0 Å². The van der Waals surface area contributed by atoms with Crippen molar-refractivity contribution in [1.29, 1.82) is 0 Å². The molecule has 6 nitrogen and oxygen atoms in total. The number of benzene rings is 2. The van der Waals surface area contributed by atoms with E-state index in [1.807, 2.05) is 0 Å². The van der Waals surface area contributed by atoms with Gasteiger partial charge in [-0.2, -0.15) is 0 Å². The van der Waals surface area contributed by atoms with Crippen molar-refractivity contribution in [2.24, 2.45) is 0 Å².